The number of hydrogen-bond acceptors (Lipinski definition) is 3. The number of halogens is 2. The van der Waals surface area contributed by atoms with Crippen LogP contribution in [0, 0.1) is 23.2 Å². The zero-order chi connectivity index (χ0) is 18.3. The van der Waals surface area contributed by atoms with Crippen molar-refractivity contribution in [2.24, 2.45) is 16.8 Å². The lowest BCUT2D eigenvalue weighted by Gasteiger charge is -2.16. The predicted molar refractivity (Wildman–Crippen MR) is 107 cm³/mol. The van der Waals surface area contributed by atoms with E-state index in [9.17, 15) is 0 Å². The zero-order valence-corrected chi connectivity index (χ0v) is 17.2. The van der Waals surface area contributed by atoms with E-state index in [1.807, 2.05) is 12.1 Å². The Hall–Kier alpha value is -0.950. The predicted octanol–water partition coefficient (Wildman–Crippen LogP) is 7.37. The molecular weight excluding hydrogens is 359 g/mol. The van der Waals surface area contributed by atoms with Gasteiger partial charge in [0.05, 0.1) is 18.2 Å². The van der Waals surface area contributed by atoms with Gasteiger partial charge in [-0.2, -0.15) is 5.26 Å². The molecule has 0 N–H and O–H groups in total. The molecule has 0 aliphatic rings. The second-order valence-electron chi connectivity index (χ2n) is 6.05. The molecule has 0 aliphatic carbocycles. The van der Waals surface area contributed by atoms with Crippen molar-refractivity contribution in [3.8, 4) is 6.07 Å². The van der Waals surface area contributed by atoms with Crippen LogP contribution in [0.1, 0.15) is 47.5 Å². The topological polar surface area (TPSA) is 36.1 Å². The van der Waals surface area contributed by atoms with E-state index in [0.29, 0.717) is 22.4 Å². The Morgan fingerprint density at radius 2 is 1.79 bits per heavy atom. The highest BCUT2D eigenvalue weighted by atomic mass is 35.5. The molecule has 24 heavy (non-hydrogen) atoms. The van der Waals surface area contributed by atoms with Crippen LogP contribution in [0.3, 0.4) is 0 Å². The fourth-order valence-corrected chi connectivity index (χ4v) is 3.99. The third-order valence-electron chi connectivity index (χ3n) is 3.72. The van der Waals surface area contributed by atoms with E-state index in [2.05, 4.69) is 40.7 Å². The Labute approximate surface area is 160 Å². The van der Waals surface area contributed by atoms with Gasteiger partial charge in [-0.3, -0.25) is 4.99 Å². The first-order valence-electron chi connectivity index (χ1n) is 8.07. The van der Waals surface area contributed by atoms with Crippen LogP contribution in [0.15, 0.2) is 38.7 Å². The Balaban J connectivity index is 3.24. The van der Waals surface area contributed by atoms with Gasteiger partial charge in [0.1, 0.15) is 0 Å². The Kier molecular flexibility index (Phi) is 8.91. The van der Waals surface area contributed by atoms with Crippen LogP contribution in [-0.4, -0.2) is 5.71 Å². The van der Waals surface area contributed by atoms with Crippen molar-refractivity contribution < 1.29 is 0 Å². The number of hydrogen-bond donors (Lipinski definition) is 0. The molecule has 1 unspecified atom stereocenters. The highest BCUT2D eigenvalue weighted by molar-refractivity contribution is 8.03. The van der Waals surface area contributed by atoms with Gasteiger partial charge in [-0.25, -0.2) is 0 Å². The van der Waals surface area contributed by atoms with Gasteiger partial charge in [0.25, 0.3) is 0 Å². The maximum Gasteiger partial charge on any atom is 0.0738 e. The lowest BCUT2D eigenvalue weighted by atomic mass is 10.00. The number of nitrogens with zero attached hydrogens (tertiary/aromatic N) is 2. The lowest BCUT2D eigenvalue weighted by molar-refractivity contribution is 0.711. The third-order valence-corrected chi connectivity index (χ3v) is 5.14. The molecule has 0 aromatic heterocycles. The first-order chi connectivity index (χ1) is 11.3. The van der Waals surface area contributed by atoms with E-state index in [-0.39, 0.29) is 5.92 Å². The molecule has 0 bridgehead atoms. The van der Waals surface area contributed by atoms with Gasteiger partial charge < -0.3 is 0 Å². The second kappa shape index (κ2) is 10.1. The minimum Gasteiger partial charge on any atom is -0.260 e. The highest BCUT2D eigenvalue weighted by Crippen LogP contribution is 2.35. The molecule has 1 aromatic rings. The summed E-state index contributed by atoms with van der Waals surface area (Å²) in [5.41, 5.74) is 1.97. The smallest absolute Gasteiger partial charge is 0.0738 e. The first kappa shape index (κ1) is 21.1. The Morgan fingerprint density at radius 1 is 1.21 bits per heavy atom. The van der Waals surface area contributed by atoms with Crippen molar-refractivity contribution in [2.45, 2.75) is 52.4 Å². The molecule has 0 saturated carbocycles. The molecule has 5 heteroatoms. The highest BCUT2D eigenvalue weighted by Gasteiger charge is 2.14. The van der Waals surface area contributed by atoms with Crippen LogP contribution in [-0.2, 0) is 0 Å². The average molecular weight is 383 g/mol. The van der Waals surface area contributed by atoms with Crippen LogP contribution in [0.2, 0.25) is 10.0 Å². The average Bonchev–Trinajstić information content (AvgIpc) is 2.48. The van der Waals surface area contributed by atoms with Crippen LogP contribution in [0.5, 0.6) is 0 Å². The van der Waals surface area contributed by atoms with Gasteiger partial charge in [0.15, 0.2) is 0 Å². The molecule has 0 fully saturated rings. The summed E-state index contributed by atoms with van der Waals surface area (Å²) in [5, 5.41) is 10.3. The molecule has 0 aliphatic heterocycles. The van der Waals surface area contributed by atoms with E-state index in [1.165, 1.54) is 0 Å². The van der Waals surface area contributed by atoms with Crippen LogP contribution < -0.4 is 0 Å². The van der Waals surface area contributed by atoms with E-state index in [0.717, 1.165) is 27.6 Å². The molecule has 0 saturated heterocycles. The molecule has 0 heterocycles. The summed E-state index contributed by atoms with van der Waals surface area (Å²) >= 11 is 13.8. The van der Waals surface area contributed by atoms with Crippen LogP contribution in [0.4, 0.5) is 0 Å². The number of rotatable bonds is 7. The number of thioether (sulfide) groups is 1. The molecule has 0 spiro atoms. The molecule has 1 atom stereocenters. The summed E-state index contributed by atoms with van der Waals surface area (Å²) in [6, 6.07) is 7.75. The Morgan fingerprint density at radius 3 is 2.25 bits per heavy atom. The van der Waals surface area contributed by atoms with Crippen molar-refractivity contribution in [1.29, 1.82) is 5.26 Å². The molecule has 0 radical (unpaired) electrons. The van der Waals surface area contributed by atoms with Crippen molar-refractivity contribution in [1.82, 2.24) is 0 Å². The summed E-state index contributed by atoms with van der Waals surface area (Å²) in [5.74, 6) is 0.571. The number of nitriles is 1. The van der Waals surface area contributed by atoms with Gasteiger partial charge in [-0.05, 0) is 43.4 Å². The molecule has 0 amide bonds. The maximum absolute atomic E-state index is 9.09. The summed E-state index contributed by atoms with van der Waals surface area (Å²) in [7, 11) is 0. The standard InChI is InChI=1S/C19H24Cl2N2S/c1-6-13(4)18(7-8-22)23-19(12(2)3)14(5)24-17-10-15(20)9-16(21)11-17/h9-13H,6-7H2,1-5H3/b19-14+,23-18?. The summed E-state index contributed by atoms with van der Waals surface area (Å²) in [4.78, 5) is 6.95. The monoisotopic (exact) mass is 382 g/mol. The fraction of sp³-hybridized carbons (Fsp3) is 0.474. The van der Waals surface area contributed by atoms with E-state index < -0.39 is 0 Å². The van der Waals surface area contributed by atoms with Crippen LogP contribution in [0.25, 0.3) is 0 Å². The fourth-order valence-electron chi connectivity index (χ4n) is 2.23. The summed E-state index contributed by atoms with van der Waals surface area (Å²) < 4.78 is 0. The number of allylic oxidation sites excluding steroid dienone is 2. The van der Waals surface area contributed by atoms with Crippen molar-refractivity contribution >= 4 is 40.7 Å². The van der Waals surface area contributed by atoms with Gasteiger partial charge >= 0.3 is 0 Å². The minimum absolute atomic E-state index is 0.268. The van der Waals surface area contributed by atoms with E-state index in [4.69, 9.17) is 33.5 Å². The van der Waals surface area contributed by atoms with Crippen molar-refractivity contribution in [2.75, 3.05) is 0 Å². The lowest BCUT2D eigenvalue weighted by Crippen LogP contribution is -2.11. The number of benzene rings is 1. The van der Waals surface area contributed by atoms with Crippen molar-refractivity contribution in [3.63, 3.8) is 0 Å². The normalized spacial score (nSPS) is 14.4. The zero-order valence-electron chi connectivity index (χ0n) is 14.9. The van der Waals surface area contributed by atoms with E-state index in [1.54, 1.807) is 17.8 Å². The van der Waals surface area contributed by atoms with E-state index >= 15 is 0 Å². The van der Waals surface area contributed by atoms with Gasteiger partial charge in [0.2, 0.25) is 0 Å². The maximum atomic E-state index is 9.09. The first-order valence-corrected chi connectivity index (χ1v) is 9.64. The quantitative estimate of drug-likeness (QED) is 0.364. The SMILES string of the molecule is CCC(C)C(CC#N)=N/C(=C(\C)Sc1cc(Cl)cc(Cl)c1)C(C)C. The van der Waals surface area contributed by atoms with Crippen molar-refractivity contribution in [3.05, 3.63) is 38.8 Å². The van der Waals surface area contributed by atoms with Gasteiger partial charge in [-0.15, -0.1) is 0 Å². The summed E-state index contributed by atoms with van der Waals surface area (Å²) in [6.45, 7) is 10.5. The Bertz CT molecular complexity index is 652. The molecule has 1 rings (SSSR count). The van der Waals surface area contributed by atoms with Crippen LogP contribution >= 0.6 is 35.0 Å². The molecule has 1 aromatic carbocycles. The largest absolute Gasteiger partial charge is 0.260 e. The molecule has 2 nitrogen and oxygen atoms in total. The number of aliphatic imine (C=N–C) groups is 1. The minimum atomic E-state index is 0.268. The molecule has 130 valence electrons. The van der Waals surface area contributed by atoms with Gasteiger partial charge in [-0.1, -0.05) is 62.7 Å². The second-order valence-corrected chi connectivity index (χ2v) is 8.21. The summed E-state index contributed by atoms with van der Waals surface area (Å²) in [6.07, 6.45) is 1.34. The molecular formula is C19H24Cl2N2S. The third kappa shape index (κ3) is 6.51. The van der Waals surface area contributed by atoms with Gasteiger partial charge in [0, 0.05) is 25.6 Å².